The summed E-state index contributed by atoms with van der Waals surface area (Å²) in [5, 5.41) is 10.3. The first kappa shape index (κ1) is 12.8. The lowest BCUT2D eigenvalue weighted by Crippen LogP contribution is -2.48. The first-order valence-corrected chi connectivity index (χ1v) is 5.58. The molecule has 1 amide bonds. The molecule has 0 unspecified atom stereocenters. The van der Waals surface area contributed by atoms with Crippen molar-refractivity contribution in [3.8, 4) is 0 Å². The summed E-state index contributed by atoms with van der Waals surface area (Å²) >= 11 is 0. The molecule has 0 spiro atoms. The number of nitrogens with zero attached hydrogens (tertiary/aromatic N) is 1. The van der Waals surface area contributed by atoms with E-state index in [9.17, 15) is 9.59 Å². The summed E-state index contributed by atoms with van der Waals surface area (Å²) in [6.45, 7) is 2.93. The van der Waals surface area contributed by atoms with Gasteiger partial charge in [0.2, 0.25) is 0 Å². The fraction of sp³-hybridized carbons (Fsp3) is 0.800. The van der Waals surface area contributed by atoms with Crippen LogP contribution in [0.2, 0.25) is 0 Å². The molecule has 0 bridgehead atoms. The van der Waals surface area contributed by atoms with Gasteiger partial charge in [-0.05, 0) is 19.3 Å². The Hall–Kier alpha value is -1.30. The number of hydrogen-bond donors (Lipinski definition) is 2. The first-order valence-electron chi connectivity index (χ1n) is 5.58. The highest BCUT2D eigenvalue weighted by Gasteiger charge is 2.31. The van der Waals surface area contributed by atoms with E-state index >= 15 is 0 Å². The third kappa shape index (κ3) is 3.69. The van der Waals surface area contributed by atoms with Crippen molar-refractivity contribution in [3.05, 3.63) is 0 Å². The Morgan fingerprint density at radius 2 is 2.31 bits per heavy atom. The number of unbranched alkanes of at least 4 members (excludes halogenated alkanes) is 1. The van der Waals surface area contributed by atoms with E-state index in [1.165, 1.54) is 5.01 Å². The van der Waals surface area contributed by atoms with Crippen molar-refractivity contribution in [2.24, 2.45) is 0 Å². The average molecular weight is 230 g/mol. The molecule has 1 fully saturated rings. The molecule has 0 radical (unpaired) electrons. The second-order valence-electron chi connectivity index (χ2n) is 3.79. The van der Waals surface area contributed by atoms with E-state index in [-0.39, 0.29) is 0 Å². The highest BCUT2D eigenvalue weighted by Crippen LogP contribution is 2.14. The number of amides is 1. The Bertz CT molecular complexity index is 257. The number of hydrogen-bond acceptors (Lipinski definition) is 4. The van der Waals surface area contributed by atoms with Crippen molar-refractivity contribution >= 4 is 12.1 Å². The predicted molar refractivity (Wildman–Crippen MR) is 56.8 cm³/mol. The quantitative estimate of drug-likeness (QED) is 0.688. The Balaban J connectivity index is 2.30. The minimum Gasteiger partial charge on any atom is -0.480 e. The van der Waals surface area contributed by atoms with Crippen LogP contribution in [0.1, 0.15) is 32.6 Å². The van der Waals surface area contributed by atoms with Crippen LogP contribution in [0.3, 0.4) is 0 Å². The number of aliphatic carboxylic acids is 1. The van der Waals surface area contributed by atoms with Crippen LogP contribution in [0.25, 0.3) is 0 Å². The normalized spacial score (nSPS) is 20.7. The van der Waals surface area contributed by atoms with Gasteiger partial charge in [-0.2, -0.15) is 0 Å². The molecule has 0 aromatic carbocycles. The topological polar surface area (TPSA) is 78.9 Å². The molecular weight excluding hydrogens is 212 g/mol. The minimum atomic E-state index is -0.911. The molecule has 16 heavy (non-hydrogen) atoms. The zero-order valence-electron chi connectivity index (χ0n) is 9.44. The van der Waals surface area contributed by atoms with Gasteiger partial charge in [-0.1, -0.05) is 13.3 Å². The smallest absolute Gasteiger partial charge is 0.421 e. The van der Waals surface area contributed by atoms with Gasteiger partial charge in [-0.15, -0.1) is 0 Å². The van der Waals surface area contributed by atoms with Gasteiger partial charge in [-0.3, -0.25) is 10.2 Å². The summed E-state index contributed by atoms with van der Waals surface area (Å²) in [4.78, 5) is 22.1. The van der Waals surface area contributed by atoms with Crippen LogP contribution in [0.5, 0.6) is 0 Å². The third-order valence-corrected chi connectivity index (χ3v) is 2.50. The Morgan fingerprint density at radius 3 is 2.94 bits per heavy atom. The summed E-state index contributed by atoms with van der Waals surface area (Å²) in [6.07, 6.45) is 2.53. The molecule has 0 aromatic heterocycles. The lowest BCUT2D eigenvalue weighted by molar-refractivity contribution is -0.142. The lowest BCUT2D eigenvalue weighted by Gasteiger charge is -2.21. The predicted octanol–water partition coefficient (Wildman–Crippen LogP) is 0.977. The number of rotatable bonds is 5. The molecule has 1 saturated heterocycles. The number of carboxylic acid groups (broad SMARTS) is 1. The molecule has 6 nitrogen and oxygen atoms in total. The van der Waals surface area contributed by atoms with Gasteiger partial charge in [-0.25, -0.2) is 9.80 Å². The van der Waals surface area contributed by atoms with Crippen molar-refractivity contribution in [2.45, 2.75) is 38.6 Å². The van der Waals surface area contributed by atoms with Gasteiger partial charge in [0.15, 0.2) is 0 Å². The Morgan fingerprint density at radius 1 is 1.56 bits per heavy atom. The number of nitrogens with one attached hydrogen (secondary N) is 1. The minimum absolute atomic E-state index is 0.369. The molecule has 1 heterocycles. The maximum absolute atomic E-state index is 11.3. The number of ether oxygens (including phenoxy) is 1. The van der Waals surface area contributed by atoms with Crippen molar-refractivity contribution in [1.82, 2.24) is 10.4 Å². The summed E-state index contributed by atoms with van der Waals surface area (Å²) in [5.74, 6) is -0.911. The molecule has 1 atom stereocenters. The second kappa shape index (κ2) is 6.32. The van der Waals surface area contributed by atoms with E-state index in [2.05, 4.69) is 5.43 Å². The zero-order chi connectivity index (χ0) is 12.0. The molecular formula is C10H18N2O4. The standard InChI is InChI=1S/C10H18N2O4/c1-2-3-7-16-10(15)11-12-6-4-5-8(12)9(13)14/h8H,2-7H2,1H3,(H,11,15)(H,13,14)/t8-/m0/s1. The highest BCUT2D eigenvalue weighted by molar-refractivity contribution is 5.74. The largest absolute Gasteiger partial charge is 0.480 e. The van der Waals surface area contributed by atoms with Crippen LogP contribution in [0.4, 0.5) is 4.79 Å². The van der Waals surface area contributed by atoms with E-state index in [1.54, 1.807) is 0 Å². The van der Waals surface area contributed by atoms with Gasteiger partial charge in [0.05, 0.1) is 6.61 Å². The second-order valence-corrected chi connectivity index (χ2v) is 3.79. The molecule has 1 aliphatic heterocycles. The summed E-state index contributed by atoms with van der Waals surface area (Å²) in [6, 6.07) is -0.626. The van der Waals surface area contributed by atoms with Crippen LogP contribution in [-0.2, 0) is 9.53 Å². The molecule has 1 aliphatic rings. The maximum Gasteiger partial charge on any atom is 0.421 e. The number of carbonyl (C=O) groups is 2. The van der Waals surface area contributed by atoms with Crippen molar-refractivity contribution in [2.75, 3.05) is 13.2 Å². The van der Waals surface area contributed by atoms with Crippen molar-refractivity contribution < 1.29 is 19.4 Å². The fourth-order valence-electron chi connectivity index (χ4n) is 1.62. The van der Waals surface area contributed by atoms with E-state index in [0.29, 0.717) is 19.6 Å². The van der Waals surface area contributed by atoms with E-state index in [1.807, 2.05) is 6.92 Å². The number of carboxylic acids is 1. The van der Waals surface area contributed by atoms with Gasteiger partial charge >= 0.3 is 12.1 Å². The van der Waals surface area contributed by atoms with Crippen LogP contribution in [0.15, 0.2) is 0 Å². The third-order valence-electron chi connectivity index (χ3n) is 2.50. The summed E-state index contributed by atoms with van der Waals surface area (Å²) in [5.41, 5.74) is 2.46. The highest BCUT2D eigenvalue weighted by atomic mass is 16.6. The first-order chi connectivity index (χ1) is 7.65. The van der Waals surface area contributed by atoms with Gasteiger partial charge in [0.25, 0.3) is 0 Å². The maximum atomic E-state index is 11.3. The molecule has 2 N–H and O–H groups in total. The zero-order valence-corrected chi connectivity index (χ0v) is 9.44. The van der Waals surface area contributed by atoms with Gasteiger partial charge in [0, 0.05) is 6.54 Å². The van der Waals surface area contributed by atoms with E-state index in [4.69, 9.17) is 9.84 Å². The van der Waals surface area contributed by atoms with E-state index < -0.39 is 18.1 Å². The van der Waals surface area contributed by atoms with Crippen LogP contribution >= 0.6 is 0 Å². The van der Waals surface area contributed by atoms with Crippen LogP contribution < -0.4 is 5.43 Å². The Labute approximate surface area is 94.5 Å². The van der Waals surface area contributed by atoms with Crippen molar-refractivity contribution in [3.63, 3.8) is 0 Å². The van der Waals surface area contributed by atoms with Crippen LogP contribution in [-0.4, -0.2) is 41.4 Å². The molecule has 92 valence electrons. The fourth-order valence-corrected chi connectivity index (χ4v) is 1.62. The molecule has 0 aliphatic carbocycles. The molecule has 0 aromatic rings. The van der Waals surface area contributed by atoms with Crippen LogP contribution in [0, 0.1) is 0 Å². The molecule has 0 saturated carbocycles. The molecule has 6 heteroatoms. The monoisotopic (exact) mass is 230 g/mol. The van der Waals surface area contributed by atoms with Crippen molar-refractivity contribution in [1.29, 1.82) is 0 Å². The van der Waals surface area contributed by atoms with E-state index in [0.717, 1.165) is 19.3 Å². The Kier molecular flexibility index (Phi) is 5.04. The number of carbonyl (C=O) groups excluding carboxylic acids is 1. The summed E-state index contributed by atoms with van der Waals surface area (Å²) < 4.78 is 4.89. The lowest BCUT2D eigenvalue weighted by atomic mass is 10.2. The SMILES string of the molecule is CCCCOC(=O)NN1CCC[C@H]1C(=O)O. The summed E-state index contributed by atoms with van der Waals surface area (Å²) in [7, 11) is 0. The average Bonchev–Trinajstić information content (AvgIpc) is 2.66. The number of hydrazine groups is 1. The molecule has 1 rings (SSSR count). The van der Waals surface area contributed by atoms with Gasteiger partial charge in [0.1, 0.15) is 6.04 Å². The van der Waals surface area contributed by atoms with Gasteiger partial charge < -0.3 is 9.84 Å².